The quantitative estimate of drug-likeness (QED) is 0.0779. The maximum absolute atomic E-state index is 15.3. The maximum Gasteiger partial charge on any atom is 0.246 e. The third kappa shape index (κ3) is 25.1. The summed E-state index contributed by atoms with van der Waals surface area (Å²) in [6.45, 7) is 32.1. The second-order valence-electron chi connectivity index (χ2n) is 27.9. The van der Waals surface area contributed by atoms with Crippen molar-refractivity contribution >= 4 is 76.7 Å². The van der Waals surface area contributed by atoms with E-state index in [1.807, 2.05) is 74.5 Å². The molecule has 528 valence electrons. The number of hydrogen-bond acceptors (Lipinski definition) is 14. The molecule has 0 unspecified atom stereocenters. The van der Waals surface area contributed by atoms with Crippen molar-refractivity contribution < 1.29 is 62.6 Å². The van der Waals surface area contributed by atoms with Crippen LogP contribution in [0.25, 0.3) is 0 Å². The fourth-order valence-electron chi connectivity index (χ4n) is 11.4. The molecule has 24 nitrogen and oxygen atoms in total. The lowest BCUT2D eigenvalue weighted by Gasteiger charge is -2.41. The van der Waals surface area contributed by atoms with Crippen LogP contribution in [-0.2, 0) is 57.5 Å². The Labute approximate surface area is 555 Å². The summed E-state index contributed by atoms with van der Waals surface area (Å²) < 4.78 is 5.59. The van der Waals surface area contributed by atoms with Gasteiger partial charge in [-0.25, -0.2) is 0 Å². The van der Waals surface area contributed by atoms with Crippen molar-refractivity contribution in [3.05, 3.63) is 12.2 Å². The highest BCUT2D eigenvalue weighted by Gasteiger charge is 2.45. The van der Waals surface area contributed by atoms with Crippen LogP contribution in [0.15, 0.2) is 12.2 Å². The highest BCUT2D eigenvalue weighted by atomic mass is 32.2. The minimum Gasteiger partial charge on any atom is -0.390 e. The average molecular weight is 1320 g/mol. The van der Waals surface area contributed by atoms with Crippen LogP contribution in [0.5, 0.6) is 0 Å². The molecular formula is C67H121N11O13S. The van der Waals surface area contributed by atoms with Crippen LogP contribution in [0.3, 0.4) is 0 Å². The van der Waals surface area contributed by atoms with Crippen LogP contribution in [0.2, 0.25) is 0 Å². The second kappa shape index (κ2) is 39.1. The Morgan fingerprint density at radius 1 is 0.500 bits per heavy atom. The van der Waals surface area contributed by atoms with Gasteiger partial charge in [0, 0.05) is 73.9 Å². The standard InChI is InChI=1S/C67H121N11O13S/c1-26-29-30-44(14)36-49-58(81)70-47(27-2)61(84)77(24)53(38-92-32-31-91-28-3)64(87)76(23)52(37-67(17,18)90)59(82)71-54(42(10)11)65(88)72(19)48(33-39(4)5)57(80)68-45(15)56(79)69-46(16)60(83)74(21)50(34-40(6)7)62(85)75(22)51(35-41(8)9)63(86)78(25)55(43(12)13)66(89)73(49)20/h26,29,39-55,90H,27-28,30-38H2,1-25H3,(H,68,80)(H,69,79)(H,70,81)(H,71,82)/b29-26+/t44-,45-,46+,47-,48-,49+,50+,51-,52+,53-,54-,55-/m1/s1. The van der Waals surface area contributed by atoms with Gasteiger partial charge in [-0.2, -0.15) is 11.8 Å². The molecule has 0 aromatic rings. The summed E-state index contributed by atoms with van der Waals surface area (Å²) in [5, 5.41) is 22.5. The summed E-state index contributed by atoms with van der Waals surface area (Å²) in [7, 11) is 10.1. The van der Waals surface area contributed by atoms with E-state index in [9.17, 15) is 29.1 Å². The number of allylic oxidation sites excluding steroid dienone is 2. The normalized spacial score (nSPS) is 26.4. The lowest BCUT2D eigenvalue weighted by Crippen LogP contribution is -2.62. The van der Waals surface area contributed by atoms with Gasteiger partial charge >= 0.3 is 0 Å². The van der Waals surface area contributed by atoms with Crippen LogP contribution >= 0.6 is 11.8 Å². The van der Waals surface area contributed by atoms with E-state index in [2.05, 4.69) is 21.3 Å². The van der Waals surface area contributed by atoms with Crippen molar-refractivity contribution in [3.8, 4) is 0 Å². The Bertz CT molecular complexity index is 2490. The van der Waals surface area contributed by atoms with E-state index in [0.29, 0.717) is 25.4 Å². The number of amides is 11. The van der Waals surface area contributed by atoms with Gasteiger partial charge in [0.25, 0.3) is 0 Å². The monoisotopic (exact) mass is 1320 g/mol. The molecule has 0 bridgehead atoms. The van der Waals surface area contributed by atoms with Crippen LogP contribution < -0.4 is 21.3 Å². The van der Waals surface area contributed by atoms with Gasteiger partial charge in [0.05, 0.1) is 12.2 Å². The Morgan fingerprint density at radius 3 is 1.40 bits per heavy atom. The van der Waals surface area contributed by atoms with Crippen molar-refractivity contribution in [2.75, 3.05) is 74.1 Å². The first-order chi connectivity index (χ1) is 42.5. The highest BCUT2D eigenvalue weighted by molar-refractivity contribution is 7.99. The smallest absolute Gasteiger partial charge is 0.246 e. The van der Waals surface area contributed by atoms with Crippen LogP contribution in [0, 0.1) is 35.5 Å². The number of carbonyl (C=O) groups excluding carboxylic acids is 11. The molecule has 1 heterocycles. The molecule has 5 N–H and O–H groups in total. The fourth-order valence-corrected chi connectivity index (χ4v) is 12.4. The third-order valence-corrected chi connectivity index (χ3v) is 18.1. The summed E-state index contributed by atoms with van der Waals surface area (Å²) in [6, 6.07) is -13.5. The number of hydrogen-bond donors (Lipinski definition) is 5. The van der Waals surface area contributed by atoms with Crippen molar-refractivity contribution in [3.63, 3.8) is 0 Å². The molecule has 0 aromatic heterocycles. The largest absolute Gasteiger partial charge is 0.390 e. The summed E-state index contributed by atoms with van der Waals surface area (Å²) in [5.41, 5.74) is -1.57. The van der Waals surface area contributed by atoms with Crippen molar-refractivity contribution in [2.24, 2.45) is 35.5 Å². The van der Waals surface area contributed by atoms with Gasteiger partial charge in [0.1, 0.15) is 66.5 Å². The number of nitrogens with zero attached hydrogens (tertiary/aromatic N) is 7. The lowest BCUT2D eigenvalue weighted by molar-refractivity contribution is -0.156. The first-order valence-electron chi connectivity index (χ1n) is 33.1. The molecule has 0 aromatic carbocycles. The summed E-state index contributed by atoms with van der Waals surface area (Å²) in [5.74, 6) is -8.57. The van der Waals surface area contributed by atoms with E-state index in [1.165, 1.54) is 118 Å². The minimum absolute atomic E-state index is 0.0110. The molecule has 11 amide bonds. The summed E-state index contributed by atoms with van der Waals surface area (Å²) in [6.07, 6.45) is 4.71. The first kappa shape index (κ1) is 84.2. The van der Waals surface area contributed by atoms with Crippen LogP contribution in [0.1, 0.15) is 170 Å². The molecular weight excluding hydrogens is 1200 g/mol. The molecule has 1 aliphatic heterocycles. The molecule has 12 atom stereocenters. The van der Waals surface area contributed by atoms with E-state index >= 15 is 28.8 Å². The maximum atomic E-state index is 15.3. The van der Waals surface area contributed by atoms with Crippen molar-refractivity contribution in [2.45, 2.75) is 242 Å². The van der Waals surface area contributed by atoms with E-state index in [0.717, 1.165) is 4.90 Å². The number of nitrogens with one attached hydrogen (secondary N) is 4. The van der Waals surface area contributed by atoms with E-state index in [4.69, 9.17) is 4.74 Å². The Balaban J connectivity index is 4.51. The number of ether oxygens (including phenoxy) is 1. The van der Waals surface area contributed by atoms with Crippen LogP contribution in [0.4, 0.5) is 0 Å². The number of likely N-dealkylation sites (N-methyl/N-ethyl adjacent to an activating group) is 7. The SMILES string of the molecule is C/C=C/C[C@@H](C)C[C@H]1C(=O)N[C@H](CC)C(=O)N(C)[C@H](CSCCOCC)C(=O)N(C)[C@@H](CC(C)(C)O)C(=O)N[C@H](C(C)C)C(=O)N(C)[C@H](CC(C)C)C(=O)N[C@H](C)C(=O)N[C@@H](C)C(=O)N(C)[C@@H](CC(C)C)C(=O)N(C)[C@H](CC(C)C)C(=O)N(C)[C@H](C(C)C)C(=O)N1C. The highest BCUT2D eigenvalue weighted by Crippen LogP contribution is 2.26. The van der Waals surface area contributed by atoms with Gasteiger partial charge in [0.2, 0.25) is 65.0 Å². The number of aliphatic hydroxyl groups is 1. The Morgan fingerprint density at radius 2 is 0.924 bits per heavy atom. The predicted molar refractivity (Wildman–Crippen MR) is 361 cm³/mol. The molecule has 1 rings (SSSR count). The zero-order valence-electron chi connectivity index (χ0n) is 60.6. The van der Waals surface area contributed by atoms with Gasteiger partial charge in [0.15, 0.2) is 0 Å². The van der Waals surface area contributed by atoms with E-state index in [1.54, 1.807) is 34.6 Å². The van der Waals surface area contributed by atoms with Crippen molar-refractivity contribution in [1.82, 2.24) is 55.6 Å². The molecule has 0 radical (unpaired) electrons. The second-order valence-corrected chi connectivity index (χ2v) is 29.1. The molecule has 1 saturated heterocycles. The molecule has 0 saturated carbocycles. The molecule has 1 fully saturated rings. The van der Waals surface area contributed by atoms with Gasteiger partial charge in [-0.15, -0.1) is 0 Å². The molecule has 0 aliphatic carbocycles. The molecule has 0 spiro atoms. The predicted octanol–water partition coefficient (Wildman–Crippen LogP) is 4.55. The topological polar surface area (TPSA) is 288 Å². The summed E-state index contributed by atoms with van der Waals surface area (Å²) >= 11 is 1.32. The van der Waals surface area contributed by atoms with Crippen LogP contribution in [-0.4, -0.2) is 250 Å². The van der Waals surface area contributed by atoms with E-state index in [-0.39, 0.29) is 67.9 Å². The Kier molecular flexibility index (Phi) is 35.8. The zero-order chi connectivity index (χ0) is 71.1. The van der Waals surface area contributed by atoms with Gasteiger partial charge in [-0.1, -0.05) is 95.2 Å². The van der Waals surface area contributed by atoms with Gasteiger partial charge in [-0.3, -0.25) is 52.7 Å². The van der Waals surface area contributed by atoms with Crippen molar-refractivity contribution in [1.29, 1.82) is 0 Å². The number of thioether (sulfide) groups is 1. The fraction of sp³-hybridized carbons (Fsp3) is 0.806. The van der Waals surface area contributed by atoms with E-state index < -0.39 is 149 Å². The van der Waals surface area contributed by atoms with Gasteiger partial charge in [-0.05, 0) is 116 Å². The number of carbonyl (C=O) groups is 11. The molecule has 1 aliphatic rings. The Hall–Kier alpha value is -5.82. The van der Waals surface area contributed by atoms with Gasteiger partial charge < -0.3 is 65.4 Å². The third-order valence-electron chi connectivity index (χ3n) is 17.1. The average Bonchev–Trinajstić information content (AvgIpc) is 0.825. The number of rotatable bonds is 21. The molecule has 92 heavy (non-hydrogen) atoms. The first-order valence-corrected chi connectivity index (χ1v) is 34.3. The lowest BCUT2D eigenvalue weighted by atomic mass is 9.93. The zero-order valence-corrected chi connectivity index (χ0v) is 61.4. The summed E-state index contributed by atoms with van der Waals surface area (Å²) in [4.78, 5) is 172. The minimum atomic E-state index is -1.57. The molecule has 25 heteroatoms.